The molecular formula is C16H30O4. The molecule has 0 aromatic heterocycles. The summed E-state index contributed by atoms with van der Waals surface area (Å²) in [4.78, 5) is 0. The van der Waals surface area contributed by atoms with Crippen LogP contribution in [0.4, 0.5) is 0 Å². The highest BCUT2D eigenvalue weighted by Crippen LogP contribution is 2.45. The highest BCUT2D eigenvalue weighted by atomic mass is 16.6. The second kappa shape index (κ2) is 5.24. The van der Waals surface area contributed by atoms with Crippen molar-refractivity contribution in [2.24, 2.45) is 5.41 Å². The van der Waals surface area contributed by atoms with Crippen LogP contribution in [0.2, 0.25) is 0 Å². The second-order valence-electron chi connectivity index (χ2n) is 7.87. The van der Waals surface area contributed by atoms with Crippen LogP contribution in [0.15, 0.2) is 0 Å². The van der Waals surface area contributed by atoms with Crippen molar-refractivity contribution in [2.75, 3.05) is 13.2 Å². The van der Waals surface area contributed by atoms with Gasteiger partial charge in [-0.25, -0.2) is 0 Å². The average molecular weight is 286 g/mol. The summed E-state index contributed by atoms with van der Waals surface area (Å²) in [6, 6.07) is 0. The first kappa shape index (κ1) is 16.2. The summed E-state index contributed by atoms with van der Waals surface area (Å²) in [5, 5.41) is 10.9. The molecule has 2 rings (SSSR count). The van der Waals surface area contributed by atoms with E-state index in [2.05, 4.69) is 20.8 Å². The summed E-state index contributed by atoms with van der Waals surface area (Å²) in [5.74, 6) is 0. The van der Waals surface area contributed by atoms with E-state index < -0.39 is 5.60 Å². The SMILES string of the molecule is CCCC(C)(C)O[C@@H]1CO[C@H]2[C@@H]1OCC2(O)C(C)(C)C. The van der Waals surface area contributed by atoms with Crippen molar-refractivity contribution in [1.29, 1.82) is 0 Å². The van der Waals surface area contributed by atoms with E-state index in [9.17, 15) is 5.11 Å². The molecule has 2 fully saturated rings. The Morgan fingerprint density at radius 3 is 2.40 bits per heavy atom. The molecule has 0 radical (unpaired) electrons. The summed E-state index contributed by atoms with van der Waals surface area (Å²) >= 11 is 0. The monoisotopic (exact) mass is 286 g/mol. The molecule has 0 bridgehead atoms. The van der Waals surface area contributed by atoms with Crippen LogP contribution >= 0.6 is 0 Å². The van der Waals surface area contributed by atoms with Gasteiger partial charge in [-0.05, 0) is 25.7 Å². The minimum atomic E-state index is -0.940. The van der Waals surface area contributed by atoms with E-state index in [-0.39, 0.29) is 29.3 Å². The van der Waals surface area contributed by atoms with Crippen LogP contribution in [-0.4, -0.2) is 47.8 Å². The fraction of sp³-hybridized carbons (Fsp3) is 1.00. The van der Waals surface area contributed by atoms with Gasteiger partial charge in [0, 0.05) is 0 Å². The molecule has 0 saturated carbocycles. The van der Waals surface area contributed by atoms with E-state index in [1.54, 1.807) is 0 Å². The van der Waals surface area contributed by atoms with Gasteiger partial charge in [-0.15, -0.1) is 0 Å². The summed E-state index contributed by atoms with van der Waals surface area (Å²) in [6.45, 7) is 13.3. The molecule has 0 aliphatic carbocycles. The van der Waals surface area contributed by atoms with Crippen LogP contribution < -0.4 is 0 Å². The first-order valence-electron chi connectivity index (χ1n) is 7.74. The summed E-state index contributed by atoms with van der Waals surface area (Å²) in [7, 11) is 0. The number of fused-ring (bicyclic) bond motifs is 1. The molecule has 0 aromatic rings. The lowest BCUT2D eigenvalue weighted by Gasteiger charge is -2.39. The van der Waals surface area contributed by atoms with Crippen molar-refractivity contribution >= 4 is 0 Å². The number of hydrogen-bond donors (Lipinski definition) is 1. The van der Waals surface area contributed by atoms with Crippen LogP contribution in [0.25, 0.3) is 0 Å². The van der Waals surface area contributed by atoms with Crippen molar-refractivity contribution in [2.45, 2.75) is 83.9 Å². The van der Waals surface area contributed by atoms with Gasteiger partial charge in [0.1, 0.15) is 23.9 Å². The van der Waals surface area contributed by atoms with E-state index in [0.717, 1.165) is 12.8 Å². The van der Waals surface area contributed by atoms with Gasteiger partial charge in [-0.3, -0.25) is 0 Å². The normalized spacial score (nSPS) is 38.2. The predicted molar refractivity (Wildman–Crippen MR) is 77.7 cm³/mol. The Morgan fingerprint density at radius 2 is 1.85 bits per heavy atom. The molecule has 0 aromatic carbocycles. The minimum Gasteiger partial charge on any atom is -0.384 e. The predicted octanol–water partition coefficient (Wildman–Crippen LogP) is 2.53. The molecule has 2 aliphatic rings. The number of aliphatic hydroxyl groups is 1. The van der Waals surface area contributed by atoms with Crippen LogP contribution in [0.5, 0.6) is 0 Å². The van der Waals surface area contributed by atoms with Gasteiger partial charge in [0.05, 0.1) is 18.8 Å². The van der Waals surface area contributed by atoms with Gasteiger partial charge in [0.2, 0.25) is 0 Å². The first-order chi connectivity index (χ1) is 9.11. The molecule has 118 valence electrons. The Morgan fingerprint density at radius 1 is 1.20 bits per heavy atom. The Bertz CT molecular complexity index is 347. The van der Waals surface area contributed by atoms with Gasteiger partial charge in [-0.1, -0.05) is 34.1 Å². The maximum absolute atomic E-state index is 10.9. The molecule has 0 spiro atoms. The summed E-state index contributed by atoms with van der Waals surface area (Å²) in [6.07, 6.45) is 1.56. The second-order valence-corrected chi connectivity index (χ2v) is 7.87. The fourth-order valence-corrected chi connectivity index (χ4v) is 3.31. The maximum Gasteiger partial charge on any atom is 0.121 e. The highest BCUT2D eigenvalue weighted by Gasteiger charge is 2.61. The molecule has 1 N–H and O–H groups in total. The largest absolute Gasteiger partial charge is 0.384 e. The van der Waals surface area contributed by atoms with Crippen molar-refractivity contribution in [3.8, 4) is 0 Å². The molecular weight excluding hydrogens is 256 g/mol. The summed E-state index contributed by atoms with van der Waals surface area (Å²) in [5.41, 5.74) is -1.39. The topological polar surface area (TPSA) is 47.9 Å². The molecule has 4 nitrogen and oxygen atoms in total. The fourth-order valence-electron chi connectivity index (χ4n) is 3.31. The molecule has 2 heterocycles. The number of ether oxygens (including phenoxy) is 3. The molecule has 2 saturated heterocycles. The van der Waals surface area contributed by atoms with E-state index in [4.69, 9.17) is 14.2 Å². The van der Waals surface area contributed by atoms with Crippen LogP contribution in [0.3, 0.4) is 0 Å². The lowest BCUT2D eigenvalue weighted by molar-refractivity contribution is -0.141. The van der Waals surface area contributed by atoms with E-state index in [1.165, 1.54) is 0 Å². The van der Waals surface area contributed by atoms with Gasteiger partial charge in [0.25, 0.3) is 0 Å². The van der Waals surface area contributed by atoms with E-state index in [1.807, 2.05) is 20.8 Å². The standard InChI is InChI=1S/C16H30O4/c1-7-8-15(5,6)20-11-9-18-13-12(11)19-10-16(13,17)14(2,3)4/h11-13,17H,7-10H2,1-6H3/t11-,12-,13+,16?/m1/s1. The first-order valence-corrected chi connectivity index (χ1v) is 7.74. The third-order valence-electron chi connectivity index (χ3n) is 4.69. The van der Waals surface area contributed by atoms with Crippen molar-refractivity contribution in [1.82, 2.24) is 0 Å². The number of rotatable bonds is 4. The molecule has 4 atom stereocenters. The minimum absolute atomic E-state index is 0.0853. The third-order valence-corrected chi connectivity index (χ3v) is 4.69. The van der Waals surface area contributed by atoms with Crippen LogP contribution in [-0.2, 0) is 14.2 Å². The Hall–Kier alpha value is -0.160. The Balaban J connectivity index is 2.07. The van der Waals surface area contributed by atoms with E-state index in [0.29, 0.717) is 13.2 Å². The molecule has 1 unspecified atom stereocenters. The molecule has 2 aliphatic heterocycles. The molecule has 0 amide bonds. The Labute approximate surface area is 122 Å². The third kappa shape index (κ3) is 2.76. The van der Waals surface area contributed by atoms with Crippen molar-refractivity contribution in [3.05, 3.63) is 0 Å². The lowest BCUT2D eigenvalue weighted by atomic mass is 9.73. The van der Waals surface area contributed by atoms with Crippen molar-refractivity contribution in [3.63, 3.8) is 0 Å². The quantitative estimate of drug-likeness (QED) is 0.862. The van der Waals surface area contributed by atoms with Gasteiger partial charge in [-0.2, -0.15) is 0 Å². The number of hydrogen-bond acceptors (Lipinski definition) is 4. The van der Waals surface area contributed by atoms with Gasteiger partial charge >= 0.3 is 0 Å². The highest BCUT2D eigenvalue weighted by molar-refractivity contribution is 5.09. The van der Waals surface area contributed by atoms with Gasteiger partial charge < -0.3 is 19.3 Å². The zero-order chi connectivity index (χ0) is 15.2. The zero-order valence-corrected chi connectivity index (χ0v) is 13.7. The average Bonchev–Trinajstić information content (AvgIpc) is 2.81. The zero-order valence-electron chi connectivity index (χ0n) is 13.7. The van der Waals surface area contributed by atoms with Gasteiger partial charge in [0.15, 0.2) is 0 Å². The molecule has 4 heteroatoms. The van der Waals surface area contributed by atoms with Crippen LogP contribution in [0, 0.1) is 5.41 Å². The smallest absolute Gasteiger partial charge is 0.121 e. The Kier molecular flexibility index (Phi) is 4.25. The lowest BCUT2D eigenvalue weighted by Crippen LogP contribution is -2.53. The van der Waals surface area contributed by atoms with Crippen molar-refractivity contribution < 1.29 is 19.3 Å². The maximum atomic E-state index is 10.9. The molecule has 20 heavy (non-hydrogen) atoms. The van der Waals surface area contributed by atoms with Crippen LogP contribution in [0.1, 0.15) is 54.4 Å². The van der Waals surface area contributed by atoms with E-state index >= 15 is 0 Å². The summed E-state index contributed by atoms with van der Waals surface area (Å²) < 4.78 is 17.9.